The van der Waals surface area contributed by atoms with E-state index in [1.165, 1.54) is 33.5 Å². The van der Waals surface area contributed by atoms with Crippen LogP contribution in [-0.2, 0) is 6.54 Å². The highest BCUT2D eigenvalue weighted by molar-refractivity contribution is 6.02. The number of hydrogen-bond acceptors (Lipinski definition) is 2. The quantitative estimate of drug-likeness (QED) is 0.162. The zero-order valence-electron chi connectivity index (χ0n) is 21.1. The first kappa shape index (κ1) is 22.7. The van der Waals surface area contributed by atoms with E-state index in [9.17, 15) is 5.11 Å². The summed E-state index contributed by atoms with van der Waals surface area (Å²) in [5, 5.41) is 18.4. The van der Waals surface area contributed by atoms with Crippen molar-refractivity contribution in [2.24, 2.45) is 11.8 Å². The van der Waals surface area contributed by atoms with Crippen LogP contribution in [0.25, 0.3) is 32.4 Å². The molecule has 3 aliphatic heterocycles. The highest BCUT2D eigenvalue weighted by Gasteiger charge is 2.54. The third-order valence-corrected chi connectivity index (χ3v) is 9.40. The van der Waals surface area contributed by atoms with Crippen LogP contribution < -0.4 is 0 Å². The Hall–Kier alpha value is -3.53. The molecular weight excluding hydrogens is 452 g/mol. The maximum Gasteiger partial charge on any atom is 0.131 e. The van der Waals surface area contributed by atoms with Gasteiger partial charge >= 0.3 is 0 Å². The molecule has 3 nitrogen and oxygen atoms in total. The predicted molar refractivity (Wildman–Crippen MR) is 152 cm³/mol. The van der Waals surface area contributed by atoms with Gasteiger partial charge in [-0.3, -0.25) is 4.98 Å². The van der Waals surface area contributed by atoms with Crippen LogP contribution in [0, 0.1) is 11.8 Å². The predicted octanol–water partition coefficient (Wildman–Crippen LogP) is 7.19. The van der Waals surface area contributed by atoms with Crippen LogP contribution in [0.4, 0.5) is 0 Å². The van der Waals surface area contributed by atoms with Crippen LogP contribution in [0.3, 0.4) is 0 Å². The number of rotatable bonds is 5. The van der Waals surface area contributed by atoms with Gasteiger partial charge in [0.2, 0.25) is 0 Å². The number of aliphatic hydroxyl groups excluding tert-OH is 1. The Morgan fingerprint density at radius 1 is 0.919 bits per heavy atom. The summed E-state index contributed by atoms with van der Waals surface area (Å²) in [6, 6.07) is 30.3. The number of hydrogen-bond donors (Lipinski definition) is 1. The minimum atomic E-state index is -0.539. The maximum atomic E-state index is 12.1. The van der Waals surface area contributed by atoms with Crippen molar-refractivity contribution in [2.45, 2.75) is 31.5 Å². The van der Waals surface area contributed by atoms with Crippen LogP contribution >= 0.6 is 0 Å². The lowest BCUT2D eigenvalue weighted by Gasteiger charge is -2.58. The van der Waals surface area contributed by atoms with Gasteiger partial charge in [0, 0.05) is 35.9 Å². The van der Waals surface area contributed by atoms with Gasteiger partial charge in [0.15, 0.2) is 0 Å². The molecular formula is C34H33N2O+. The van der Waals surface area contributed by atoms with Crippen LogP contribution in [0.5, 0.6) is 0 Å². The number of quaternary nitrogens is 1. The average molecular weight is 486 g/mol. The molecule has 4 heterocycles. The lowest BCUT2D eigenvalue weighted by molar-refractivity contribution is -0.984. The van der Waals surface area contributed by atoms with Gasteiger partial charge in [0.25, 0.3) is 0 Å². The molecule has 3 aliphatic rings. The third kappa shape index (κ3) is 3.60. The summed E-state index contributed by atoms with van der Waals surface area (Å²) in [6.07, 6.45) is 5.72. The fourth-order valence-electron chi connectivity index (χ4n) is 7.56. The first-order valence-corrected chi connectivity index (χ1v) is 13.6. The molecule has 0 saturated carbocycles. The van der Waals surface area contributed by atoms with E-state index >= 15 is 0 Å². The summed E-state index contributed by atoms with van der Waals surface area (Å²) >= 11 is 0. The summed E-state index contributed by atoms with van der Waals surface area (Å²) in [6.45, 7) is 7.28. The highest BCUT2D eigenvalue weighted by atomic mass is 16.3. The number of aromatic nitrogens is 1. The van der Waals surface area contributed by atoms with Gasteiger partial charge in [0.05, 0.1) is 18.6 Å². The number of benzene rings is 4. The van der Waals surface area contributed by atoms with Crippen molar-refractivity contribution in [3.05, 3.63) is 115 Å². The van der Waals surface area contributed by atoms with E-state index in [4.69, 9.17) is 0 Å². The van der Waals surface area contributed by atoms with Crippen molar-refractivity contribution in [2.75, 3.05) is 13.1 Å². The lowest BCUT2D eigenvalue weighted by Crippen LogP contribution is -2.67. The second-order valence-electron chi connectivity index (χ2n) is 11.2. The van der Waals surface area contributed by atoms with Gasteiger partial charge in [-0.1, -0.05) is 72.8 Å². The highest BCUT2D eigenvalue weighted by Crippen LogP contribution is 2.49. The molecule has 3 fully saturated rings. The molecule has 5 atom stereocenters. The van der Waals surface area contributed by atoms with Crippen LogP contribution in [0.15, 0.2) is 104 Å². The van der Waals surface area contributed by atoms with Crippen molar-refractivity contribution >= 4 is 32.4 Å². The van der Waals surface area contributed by atoms with Gasteiger partial charge in [-0.2, -0.15) is 0 Å². The fraction of sp³-hybridized carbons (Fsp3) is 0.265. The molecule has 0 spiro atoms. The largest absolute Gasteiger partial charge is 0.382 e. The zero-order valence-corrected chi connectivity index (χ0v) is 21.1. The average Bonchev–Trinajstić information content (AvgIpc) is 2.96. The van der Waals surface area contributed by atoms with Gasteiger partial charge in [-0.05, 0) is 51.2 Å². The number of nitrogens with zero attached hydrogens (tertiary/aromatic N) is 2. The van der Waals surface area contributed by atoms with E-state index in [1.807, 2.05) is 30.5 Å². The molecule has 0 radical (unpaired) electrons. The molecule has 1 N–H and O–H groups in total. The molecule has 5 aromatic rings. The number of piperidine rings is 3. The normalized spacial score (nSPS) is 26.0. The van der Waals surface area contributed by atoms with E-state index < -0.39 is 6.10 Å². The zero-order chi connectivity index (χ0) is 25.0. The second kappa shape index (κ2) is 8.79. The standard InChI is InChI=1S/C34H33N2O/c1-2-23-21-36(22-31-27-11-5-3-9-25(27)19-26-10-4-6-12-28(26)31)18-16-24(23)20-33(36)34(37)30-15-17-35-32-14-8-7-13-29(30)32/h2-15,17,19,23-24,33-34,37H,1,16,18,20-22H2/q+1/t23-,24?,33?,34+,36?/m0/s1. The van der Waals surface area contributed by atoms with Gasteiger partial charge < -0.3 is 9.59 Å². The van der Waals surface area contributed by atoms with E-state index in [0.717, 1.165) is 47.0 Å². The number of aliphatic hydroxyl groups is 1. The lowest BCUT2D eigenvalue weighted by atomic mass is 9.71. The van der Waals surface area contributed by atoms with Crippen LogP contribution in [0.2, 0.25) is 0 Å². The van der Waals surface area contributed by atoms with Crippen molar-refractivity contribution in [1.82, 2.24) is 4.98 Å². The van der Waals surface area contributed by atoms with Crippen LogP contribution in [-0.4, -0.2) is 33.7 Å². The Morgan fingerprint density at radius 2 is 1.59 bits per heavy atom. The summed E-state index contributed by atoms with van der Waals surface area (Å²) < 4.78 is 0.906. The first-order valence-electron chi connectivity index (χ1n) is 13.6. The molecule has 3 unspecified atom stereocenters. The van der Waals surface area contributed by atoms with E-state index in [1.54, 1.807) is 0 Å². The number of fused-ring (bicyclic) bond motifs is 6. The van der Waals surface area contributed by atoms with E-state index in [2.05, 4.69) is 78.3 Å². The van der Waals surface area contributed by atoms with Crippen molar-refractivity contribution < 1.29 is 9.59 Å². The Labute approximate surface area is 218 Å². The topological polar surface area (TPSA) is 33.1 Å². The molecule has 2 bridgehead atoms. The summed E-state index contributed by atoms with van der Waals surface area (Å²) in [5.41, 5.74) is 3.37. The molecule has 1 aromatic heterocycles. The monoisotopic (exact) mass is 485 g/mol. The molecule has 8 rings (SSSR count). The van der Waals surface area contributed by atoms with Gasteiger partial charge in [0.1, 0.15) is 18.7 Å². The van der Waals surface area contributed by atoms with Gasteiger partial charge in [-0.15, -0.1) is 6.58 Å². The molecule has 4 aromatic carbocycles. The Kier molecular flexibility index (Phi) is 5.38. The van der Waals surface area contributed by atoms with Gasteiger partial charge in [-0.25, -0.2) is 0 Å². The summed E-state index contributed by atoms with van der Waals surface area (Å²) in [5.74, 6) is 1.09. The SMILES string of the molecule is C=C[C@H]1C[N+]2(Cc3c4ccccc4cc4ccccc34)CCC1CC2[C@H](O)c1ccnc2ccccc12. The molecule has 37 heavy (non-hydrogen) atoms. The smallest absolute Gasteiger partial charge is 0.131 e. The van der Waals surface area contributed by atoms with E-state index in [-0.39, 0.29) is 6.04 Å². The Bertz CT molecular complexity index is 1580. The van der Waals surface area contributed by atoms with Crippen molar-refractivity contribution in [1.29, 1.82) is 0 Å². The van der Waals surface area contributed by atoms with Crippen LogP contribution in [0.1, 0.15) is 30.1 Å². The van der Waals surface area contributed by atoms with E-state index in [0.29, 0.717) is 11.8 Å². The summed E-state index contributed by atoms with van der Waals surface area (Å²) in [4.78, 5) is 4.57. The summed E-state index contributed by atoms with van der Waals surface area (Å²) in [7, 11) is 0. The minimum absolute atomic E-state index is 0.137. The van der Waals surface area contributed by atoms with Crippen molar-refractivity contribution in [3.63, 3.8) is 0 Å². The molecule has 0 aliphatic carbocycles. The molecule has 184 valence electrons. The molecule has 0 amide bonds. The third-order valence-electron chi connectivity index (χ3n) is 9.40. The maximum absolute atomic E-state index is 12.1. The molecule has 3 heteroatoms. The minimum Gasteiger partial charge on any atom is -0.382 e. The Balaban J connectivity index is 1.39. The fourth-order valence-corrected chi connectivity index (χ4v) is 7.56. The number of pyridine rings is 1. The Morgan fingerprint density at radius 3 is 2.32 bits per heavy atom. The second-order valence-corrected chi connectivity index (χ2v) is 11.2. The van der Waals surface area contributed by atoms with Crippen molar-refractivity contribution in [3.8, 4) is 0 Å². The molecule has 3 saturated heterocycles. The first-order chi connectivity index (χ1) is 18.2. The number of para-hydroxylation sites is 1.